The molecule has 0 fully saturated rings. The number of anilines is 1. The Morgan fingerprint density at radius 1 is 1.17 bits per heavy atom. The average Bonchev–Trinajstić information content (AvgIpc) is 3.32. The Bertz CT molecular complexity index is 1480. The molecule has 0 atom stereocenters. The molecule has 8 nitrogen and oxygen atoms in total. The number of aryl methyl sites for hydroxylation is 1. The molecule has 0 unspecified atom stereocenters. The molecule has 1 amide bonds. The Hall–Kier alpha value is -3.89. The van der Waals surface area contributed by atoms with Crippen LogP contribution in [0.5, 0.6) is 17.4 Å². The van der Waals surface area contributed by atoms with Gasteiger partial charge in [-0.3, -0.25) is 4.79 Å². The van der Waals surface area contributed by atoms with E-state index in [-0.39, 0.29) is 17.2 Å². The van der Waals surface area contributed by atoms with Crippen LogP contribution in [-0.2, 0) is 11.2 Å². The molecule has 0 bridgehead atoms. The van der Waals surface area contributed by atoms with E-state index < -0.39 is 5.97 Å². The van der Waals surface area contributed by atoms with Crippen LogP contribution in [0, 0.1) is 6.92 Å². The standard InChI is InChI=1S/C26H21N3O5S2/c1-14-6-9-21(36-14)23-28-24-19(11-15-7-8-18(33-2)12-20(15)34-24)25(29-23)35-13-22(30)27-17-5-3-4-16(10-17)26(31)32/h3-10,12H,11,13H2,1-2H3,(H,27,30)(H,31,32). The first-order valence-corrected chi connectivity index (χ1v) is 12.8. The van der Waals surface area contributed by atoms with Crippen molar-refractivity contribution in [2.45, 2.75) is 18.4 Å². The number of nitrogens with one attached hydrogen (secondary N) is 1. The number of carbonyl (C=O) groups is 2. The Morgan fingerprint density at radius 3 is 2.78 bits per heavy atom. The molecule has 36 heavy (non-hydrogen) atoms. The van der Waals surface area contributed by atoms with E-state index in [9.17, 15) is 14.7 Å². The third-order valence-electron chi connectivity index (χ3n) is 5.47. The Morgan fingerprint density at radius 2 is 2.03 bits per heavy atom. The van der Waals surface area contributed by atoms with Crippen molar-refractivity contribution < 1.29 is 24.2 Å². The zero-order valence-corrected chi connectivity index (χ0v) is 21.0. The maximum absolute atomic E-state index is 12.7. The predicted octanol–water partition coefficient (Wildman–Crippen LogP) is 5.65. The van der Waals surface area contributed by atoms with E-state index in [2.05, 4.69) is 5.32 Å². The number of aromatic nitrogens is 2. The van der Waals surface area contributed by atoms with Crippen molar-refractivity contribution in [3.8, 4) is 28.1 Å². The van der Waals surface area contributed by atoms with Crippen molar-refractivity contribution in [3.05, 3.63) is 76.2 Å². The van der Waals surface area contributed by atoms with Gasteiger partial charge in [-0.05, 0) is 48.9 Å². The number of aromatic carboxylic acids is 1. The largest absolute Gasteiger partial charge is 0.497 e. The topological polar surface area (TPSA) is 111 Å². The number of thiophene rings is 1. The van der Waals surface area contributed by atoms with Crippen molar-refractivity contribution in [2.75, 3.05) is 18.2 Å². The van der Waals surface area contributed by atoms with Gasteiger partial charge < -0.3 is 19.9 Å². The number of hydrogen-bond acceptors (Lipinski definition) is 8. The Labute approximate surface area is 215 Å². The number of carboxylic acids is 1. The molecule has 4 aromatic rings. The number of benzene rings is 2. The van der Waals surface area contributed by atoms with E-state index in [1.807, 2.05) is 37.3 Å². The number of methoxy groups -OCH3 is 1. The zero-order chi connectivity index (χ0) is 25.2. The van der Waals surface area contributed by atoms with Crippen molar-refractivity contribution in [2.24, 2.45) is 0 Å². The molecule has 5 rings (SSSR count). The van der Waals surface area contributed by atoms with E-state index >= 15 is 0 Å². The van der Waals surface area contributed by atoms with Crippen LogP contribution in [0.4, 0.5) is 5.69 Å². The van der Waals surface area contributed by atoms with Gasteiger partial charge in [0.15, 0.2) is 5.82 Å². The van der Waals surface area contributed by atoms with Gasteiger partial charge in [0.05, 0.1) is 28.9 Å². The van der Waals surface area contributed by atoms with Crippen LogP contribution in [0.3, 0.4) is 0 Å². The molecule has 0 spiro atoms. The molecule has 2 N–H and O–H groups in total. The van der Waals surface area contributed by atoms with Gasteiger partial charge in [-0.1, -0.05) is 23.9 Å². The molecule has 3 heterocycles. The van der Waals surface area contributed by atoms with Crippen molar-refractivity contribution in [1.82, 2.24) is 9.97 Å². The molecule has 182 valence electrons. The van der Waals surface area contributed by atoms with Crippen LogP contribution >= 0.6 is 23.1 Å². The molecule has 10 heteroatoms. The smallest absolute Gasteiger partial charge is 0.335 e. The molecular weight excluding hydrogens is 498 g/mol. The highest BCUT2D eigenvalue weighted by Crippen LogP contribution is 2.42. The summed E-state index contributed by atoms with van der Waals surface area (Å²) in [4.78, 5) is 35.4. The highest BCUT2D eigenvalue weighted by molar-refractivity contribution is 8.00. The highest BCUT2D eigenvalue weighted by Gasteiger charge is 2.25. The summed E-state index contributed by atoms with van der Waals surface area (Å²) in [5.41, 5.74) is 2.32. The number of carbonyl (C=O) groups excluding carboxylic acids is 1. The lowest BCUT2D eigenvalue weighted by Crippen LogP contribution is -2.15. The first-order chi connectivity index (χ1) is 17.4. The first-order valence-electron chi connectivity index (χ1n) is 11.0. The van der Waals surface area contributed by atoms with Crippen LogP contribution in [0.1, 0.15) is 26.4 Å². The second-order valence-corrected chi connectivity index (χ2v) is 10.3. The fraction of sp³-hybridized carbons (Fsp3) is 0.154. The van der Waals surface area contributed by atoms with Crippen LogP contribution < -0.4 is 14.8 Å². The SMILES string of the molecule is COc1ccc2c(c1)Oc1nc(-c3ccc(C)s3)nc(SCC(=O)Nc3cccc(C(=O)O)c3)c1C2. The summed E-state index contributed by atoms with van der Waals surface area (Å²) in [7, 11) is 1.61. The van der Waals surface area contributed by atoms with Crippen LogP contribution in [-0.4, -0.2) is 39.8 Å². The molecule has 2 aromatic heterocycles. The molecule has 0 radical (unpaired) electrons. The summed E-state index contributed by atoms with van der Waals surface area (Å²) in [5, 5.41) is 12.6. The summed E-state index contributed by atoms with van der Waals surface area (Å²) in [6.07, 6.45) is 0.559. The fourth-order valence-corrected chi connectivity index (χ4v) is 5.35. The van der Waals surface area contributed by atoms with E-state index in [0.29, 0.717) is 40.3 Å². The van der Waals surface area contributed by atoms with Crippen LogP contribution in [0.2, 0.25) is 0 Å². The number of hydrogen-bond donors (Lipinski definition) is 2. The summed E-state index contributed by atoms with van der Waals surface area (Å²) in [6, 6.07) is 15.8. The Balaban J connectivity index is 1.42. The second-order valence-electron chi connectivity index (χ2n) is 8.02. The summed E-state index contributed by atoms with van der Waals surface area (Å²) < 4.78 is 11.5. The minimum absolute atomic E-state index is 0.0825. The van der Waals surface area contributed by atoms with Gasteiger partial charge in [0.1, 0.15) is 16.5 Å². The quantitative estimate of drug-likeness (QED) is 0.210. The van der Waals surface area contributed by atoms with Crippen molar-refractivity contribution in [1.29, 1.82) is 0 Å². The Kier molecular flexibility index (Phi) is 6.62. The maximum Gasteiger partial charge on any atom is 0.335 e. The molecule has 0 saturated heterocycles. The van der Waals surface area contributed by atoms with Gasteiger partial charge in [0, 0.05) is 23.1 Å². The summed E-state index contributed by atoms with van der Waals surface area (Å²) in [6.45, 7) is 2.02. The van der Waals surface area contributed by atoms with Gasteiger partial charge >= 0.3 is 5.97 Å². The molecule has 2 aromatic carbocycles. The number of nitrogens with zero attached hydrogens (tertiary/aromatic N) is 2. The number of amides is 1. The lowest BCUT2D eigenvalue weighted by molar-refractivity contribution is -0.113. The lowest BCUT2D eigenvalue weighted by atomic mass is 10.0. The number of thioether (sulfide) groups is 1. The minimum atomic E-state index is -1.05. The number of rotatable bonds is 7. The van der Waals surface area contributed by atoms with Crippen LogP contribution in [0.25, 0.3) is 10.7 Å². The van der Waals surface area contributed by atoms with E-state index in [1.54, 1.807) is 30.6 Å². The predicted molar refractivity (Wildman–Crippen MR) is 139 cm³/mol. The van der Waals surface area contributed by atoms with E-state index in [1.165, 1.54) is 23.9 Å². The fourth-order valence-electron chi connectivity index (χ4n) is 3.72. The van der Waals surface area contributed by atoms with Gasteiger partial charge in [-0.2, -0.15) is 4.98 Å². The van der Waals surface area contributed by atoms with E-state index in [0.717, 1.165) is 20.9 Å². The average molecular weight is 520 g/mol. The number of ether oxygens (including phenoxy) is 2. The normalized spacial score (nSPS) is 11.7. The monoisotopic (exact) mass is 519 g/mol. The van der Waals surface area contributed by atoms with E-state index in [4.69, 9.17) is 19.4 Å². The van der Waals surface area contributed by atoms with Crippen molar-refractivity contribution in [3.63, 3.8) is 0 Å². The molecular formula is C26H21N3O5S2. The highest BCUT2D eigenvalue weighted by atomic mass is 32.2. The molecule has 0 aliphatic carbocycles. The third kappa shape index (κ3) is 5.05. The van der Waals surface area contributed by atoms with Gasteiger partial charge in [-0.15, -0.1) is 11.3 Å². The summed E-state index contributed by atoms with van der Waals surface area (Å²) in [5.74, 6) is 1.13. The second kappa shape index (κ2) is 10.00. The number of carboxylic acid groups (broad SMARTS) is 1. The van der Waals surface area contributed by atoms with Crippen molar-refractivity contribution >= 4 is 40.7 Å². The third-order valence-corrected chi connectivity index (χ3v) is 7.49. The molecule has 1 aliphatic rings. The summed E-state index contributed by atoms with van der Waals surface area (Å²) >= 11 is 2.88. The molecule has 1 aliphatic heterocycles. The van der Waals surface area contributed by atoms with Crippen LogP contribution in [0.15, 0.2) is 59.6 Å². The maximum atomic E-state index is 12.7. The molecule has 0 saturated carbocycles. The van der Waals surface area contributed by atoms with Gasteiger partial charge in [0.25, 0.3) is 0 Å². The van der Waals surface area contributed by atoms with Gasteiger partial charge in [-0.25, -0.2) is 9.78 Å². The van der Waals surface area contributed by atoms with Gasteiger partial charge in [0.2, 0.25) is 11.8 Å². The number of fused-ring (bicyclic) bond motifs is 2. The first kappa shape index (κ1) is 23.8. The minimum Gasteiger partial charge on any atom is -0.497 e. The lowest BCUT2D eigenvalue weighted by Gasteiger charge is -2.22. The zero-order valence-electron chi connectivity index (χ0n) is 19.4.